The van der Waals surface area contributed by atoms with Gasteiger partial charge in [-0.25, -0.2) is 4.98 Å². The molecule has 2 amide bonds. The summed E-state index contributed by atoms with van der Waals surface area (Å²) in [5.41, 5.74) is 3.70. The van der Waals surface area contributed by atoms with Gasteiger partial charge in [-0.05, 0) is 35.2 Å². The van der Waals surface area contributed by atoms with Gasteiger partial charge in [0.15, 0.2) is 4.34 Å². The minimum absolute atomic E-state index is 0.129. The van der Waals surface area contributed by atoms with Crippen LogP contribution in [0.1, 0.15) is 5.56 Å². The SMILES string of the molecule is O=C(CSCC(=O)Nc1cccc2ccccc12)Nc1ccc2nc(SCc3ccccc3)sc2c1. The van der Waals surface area contributed by atoms with Crippen LogP contribution in [-0.4, -0.2) is 28.3 Å². The molecule has 1 aromatic heterocycles. The summed E-state index contributed by atoms with van der Waals surface area (Å²) < 4.78 is 2.04. The minimum Gasteiger partial charge on any atom is -0.325 e. The van der Waals surface area contributed by atoms with Gasteiger partial charge in [0.25, 0.3) is 0 Å². The number of carbonyl (C=O) groups is 2. The third-order valence-electron chi connectivity index (χ3n) is 5.39. The van der Waals surface area contributed by atoms with Crippen molar-refractivity contribution in [1.82, 2.24) is 4.98 Å². The zero-order chi connectivity index (χ0) is 24.7. The number of aromatic nitrogens is 1. The first kappa shape index (κ1) is 24.4. The first-order valence-corrected chi connectivity index (χ1v) is 14.3. The standard InChI is InChI=1S/C28H23N3O2S3/c32-26(17-34-18-27(33)30-23-12-6-10-20-9-4-5-11-22(20)23)29-21-13-14-24-25(15-21)36-28(31-24)35-16-19-7-2-1-3-8-19/h1-15H,16-18H2,(H,29,32)(H,30,33). The van der Waals surface area contributed by atoms with Gasteiger partial charge in [-0.15, -0.1) is 23.1 Å². The van der Waals surface area contributed by atoms with Crippen molar-refractivity contribution in [3.05, 3.63) is 96.6 Å². The van der Waals surface area contributed by atoms with Crippen LogP contribution in [0.3, 0.4) is 0 Å². The Bertz CT molecular complexity index is 1510. The van der Waals surface area contributed by atoms with E-state index in [4.69, 9.17) is 4.98 Å². The van der Waals surface area contributed by atoms with Crippen LogP contribution in [-0.2, 0) is 15.3 Å². The number of fused-ring (bicyclic) bond motifs is 2. The molecule has 0 aliphatic carbocycles. The number of carbonyl (C=O) groups excluding carboxylic acids is 2. The Labute approximate surface area is 221 Å². The topological polar surface area (TPSA) is 71.1 Å². The first-order valence-electron chi connectivity index (χ1n) is 11.4. The van der Waals surface area contributed by atoms with Gasteiger partial charge in [0.1, 0.15) is 0 Å². The zero-order valence-corrected chi connectivity index (χ0v) is 21.7. The number of amides is 2. The second-order valence-corrected chi connectivity index (χ2v) is 11.3. The van der Waals surface area contributed by atoms with Gasteiger partial charge in [-0.2, -0.15) is 0 Å². The van der Waals surface area contributed by atoms with Crippen LogP contribution in [0, 0.1) is 0 Å². The van der Waals surface area contributed by atoms with Crippen molar-refractivity contribution in [3.63, 3.8) is 0 Å². The van der Waals surface area contributed by atoms with Crippen LogP contribution in [0.15, 0.2) is 95.3 Å². The molecule has 0 saturated carbocycles. The molecular weight excluding hydrogens is 507 g/mol. The summed E-state index contributed by atoms with van der Waals surface area (Å²) in [6.07, 6.45) is 0. The van der Waals surface area contributed by atoms with Crippen LogP contribution in [0.25, 0.3) is 21.0 Å². The highest BCUT2D eigenvalue weighted by atomic mass is 32.2. The maximum absolute atomic E-state index is 12.4. The highest BCUT2D eigenvalue weighted by molar-refractivity contribution is 8.00. The maximum Gasteiger partial charge on any atom is 0.234 e. The number of hydrogen-bond donors (Lipinski definition) is 2. The third kappa shape index (κ3) is 6.26. The molecule has 0 aliphatic heterocycles. The van der Waals surface area contributed by atoms with Crippen molar-refractivity contribution in [2.24, 2.45) is 0 Å². The summed E-state index contributed by atoms with van der Waals surface area (Å²) in [4.78, 5) is 29.6. The van der Waals surface area contributed by atoms with E-state index >= 15 is 0 Å². The van der Waals surface area contributed by atoms with Crippen molar-refractivity contribution >= 4 is 79.0 Å². The largest absolute Gasteiger partial charge is 0.325 e. The van der Waals surface area contributed by atoms with Gasteiger partial charge in [-0.1, -0.05) is 78.5 Å². The molecule has 180 valence electrons. The molecule has 5 aromatic rings. The van der Waals surface area contributed by atoms with E-state index in [1.165, 1.54) is 17.3 Å². The molecule has 0 radical (unpaired) electrons. The number of thioether (sulfide) groups is 2. The molecule has 0 atom stereocenters. The smallest absolute Gasteiger partial charge is 0.234 e. The van der Waals surface area contributed by atoms with Crippen LogP contribution in [0.4, 0.5) is 11.4 Å². The Morgan fingerprint density at radius 2 is 1.56 bits per heavy atom. The average molecular weight is 530 g/mol. The van der Waals surface area contributed by atoms with E-state index in [0.29, 0.717) is 0 Å². The normalized spacial score (nSPS) is 11.0. The Hall–Kier alpha value is -3.33. The van der Waals surface area contributed by atoms with Crippen molar-refractivity contribution < 1.29 is 9.59 Å². The number of hydrogen-bond acceptors (Lipinski definition) is 6. The molecule has 0 bridgehead atoms. The van der Waals surface area contributed by atoms with Gasteiger partial charge in [0.05, 0.1) is 21.7 Å². The Morgan fingerprint density at radius 3 is 2.42 bits per heavy atom. The summed E-state index contributed by atoms with van der Waals surface area (Å²) in [6.45, 7) is 0. The number of thiazole rings is 1. The van der Waals surface area contributed by atoms with Crippen molar-refractivity contribution in [2.45, 2.75) is 10.1 Å². The molecule has 0 fully saturated rings. The van der Waals surface area contributed by atoms with Gasteiger partial charge in [0.2, 0.25) is 11.8 Å². The van der Waals surface area contributed by atoms with E-state index in [0.717, 1.165) is 42.5 Å². The van der Waals surface area contributed by atoms with Crippen LogP contribution >= 0.6 is 34.9 Å². The van der Waals surface area contributed by atoms with Gasteiger partial charge in [-0.3, -0.25) is 9.59 Å². The Balaban J connectivity index is 1.11. The lowest BCUT2D eigenvalue weighted by atomic mass is 10.1. The molecule has 5 nitrogen and oxygen atoms in total. The highest BCUT2D eigenvalue weighted by Gasteiger charge is 2.10. The van der Waals surface area contributed by atoms with Gasteiger partial charge >= 0.3 is 0 Å². The lowest BCUT2D eigenvalue weighted by Crippen LogP contribution is -2.18. The Kier molecular flexibility index (Phi) is 7.85. The number of nitrogens with zero attached hydrogens (tertiary/aromatic N) is 1. The fourth-order valence-corrected chi connectivity index (χ4v) is 6.40. The molecular formula is C28H23N3O2S3. The van der Waals surface area contributed by atoms with E-state index in [1.54, 1.807) is 23.1 Å². The van der Waals surface area contributed by atoms with E-state index < -0.39 is 0 Å². The predicted molar refractivity (Wildman–Crippen MR) is 154 cm³/mol. The molecule has 36 heavy (non-hydrogen) atoms. The molecule has 0 aliphatic rings. The lowest BCUT2D eigenvalue weighted by molar-refractivity contribution is -0.114. The number of nitrogens with one attached hydrogen (secondary N) is 2. The van der Waals surface area contributed by atoms with Crippen molar-refractivity contribution in [3.8, 4) is 0 Å². The predicted octanol–water partition coefficient (Wildman–Crippen LogP) is 7.05. The number of anilines is 2. The zero-order valence-electron chi connectivity index (χ0n) is 19.3. The van der Waals surface area contributed by atoms with E-state index in [1.807, 2.05) is 78.9 Å². The monoisotopic (exact) mass is 529 g/mol. The number of benzene rings is 4. The molecule has 0 spiro atoms. The quantitative estimate of drug-likeness (QED) is 0.200. The summed E-state index contributed by atoms with van der Waals surface area (Å²) in [7, 11) is 0. The lowest BCUT2D eigenvalue weighted by Gasteiger charge is -2.09. The molecule has 0 unspecified atom stereocenters. The van der Waals surface area contributed by atoms with Crippen LogP contribution < -0.4 is 10.6 Å². The molecule has 2 N–H and O–H groups in total. The summed E-state index contributed by atoms with van der Waals surface area (Å²) >= 11 is 4.62. The minimum atomic E-state index is -0.138. The molecule has 4 aromatic carbocycles. The summed E-state index contributed by atoms with van der Waals surface area (Å²) in [5.74, 6) is 1.00. The molecule has 0 saturated heterocycles. The fraction of sp³-hybridized carbons (Fsp3) is 0.107. The van der Waals surface area contributed by atoms with Crippen molar-refractivity contribution in [2.75, 3.05) is 22.1 Å². The summed E-state index contributed by atoms with van der Waals surface area (Å²) in [5, 5.41) is 7.95. The number of rotatable bonds is 9. The second-order valence-electron chi connectivity index (χ2n) is 8.05. The van der Waals surface area contributed by atoms with E-state index in [9.17, 15) is 9.59 Å². The maximum atomic E-state index is 12.4. The molecule has 5 rings (SSSR count). The van der Waals surface area contributed by atoms with Crippen LogP contribution in [0.5, 0.6) is 0 Å². The molecule has 1 heterocycles. The highest BCUT2D eigenvalue weighted by Crippen LogP contribution is 2.33. The average Bonchev–Trinajstić information content (AvgIpc) is 3.30. The Morgan fingerprint density at radius 1 is 0.806 bits per heavy atom. The third-order valence-corrected chi connectivity index (χ3v) is 8.55. The van der Waals surface area contributed by atoms with Crippen LogP contribution in [0.2, 0.25) is 0 Å². The fourth-order valence-electron chi connectivity index (χ4n) is 3.72. The molecule has 8 heteroatoms. The first-order chi connectivity index (χ1) is 17.6. The van der Waals surface area contributed by atoms with E-state index in [2.05, 4.69) is 22.8 Å². The van der Waals surface area contributed by atoms with Crippen molar-refractivity contribution in [1.29, 1.82) is 0 Å². The van der Waals surface area contributed by atoms with Gasteiger partial charge < -0.3 is 10.6 Å². The van der Waals surface area contributed by atoms with Gasteiger partial charge in [0, 0.05) is 22.5 Å². The second kappa shape index (κ2) is 11.6. The summed E-state index contributed by atoms with van der Waals surface area (Å²) in [6, 6.07) is 29.8. The van der Waals surface area contributed by atoms with E-state index in [-0.39, 0.29) is 23.3 Å².